The molecule has 3 nitrogen and oxygen atoms in total. The van der Waals surface area contributed by atoms with Crippen molar-refractivity contribution in [3.63, 3.8) is 0 Å². The number of hydrogen-bond acceptors (Lipinski definition) is 3. The topological polar surface area (TPSA) is 63.3 Å². The number of Topliss-reactive ketones (excluding diaryl/α,β-unsaturated/α-hetero) is 1. The maximum atomic E-state index is 11.2. The summed E-state index contributed by atoms with van der Waals surface area (Å²) in [6.07, 6.45) is 4.30. The van der Waals surface area contributed by atoms with Crippen molar-refractivity contribution >= 4 is 5.78 Å². The number of rotatable bonds is 1. The molecule has 0 heterocycles. The van der Waals surface area contributed by atoms with Crippen LogP contribution < -0.4 is 5.73 Å². The first-order valence-electron chi connectivity index (χ1n) is 4.56. The Labute approximate surface area is 72.9 Å². The molecule has 0 aromatic heterocycles. The van der Waals surface area contributed by atoms with Crippen LogP contribution in [0.4, 0.5) is 0 Å². The highest BCUT2D eigenvalue weighted by atomic mass is 16.3. The van der Waals surface area contributed by atoms with Gasteiger partial charge in [-0.25, -0.2) is 0 Å². The van der Waals surface area contributed by atoms with E-state index in [0.717, 1.165) is 25.7 Å². The summed E-state index contributed by atoms with van der Waals surface area (Å²) in [6.45, 7) is 1.42. The summed E-state index contributed by atoms with van der Waals surface area (Å²) in [7, 11) is 0. The van der Waals surface area contributed by atoms with Gasteiger partial charge in [-0.15, -0.1) is 0 Å². The number of aliphatic hydroxyl groups is 1. The van der Waals surface area contributed by atoms with Gasteiger partial charge in [0.2, 0.25) is 0 Å². The standard InChI is InChI=1S/C9H17NO2/c1-7(11)9(12)6-4-2-3-5-8(9)10/h8,12H,2-6,10H2,1H3. The Morgan fingerprint density at radius 3 is 2.75 bits per heavy atom. The fourth-order valence-electron chi connectivity index (χ4n) is 1.80. The average molecular weight is 171 g/mol. The summed E-state index contributed by atoms with van der Waals surface area (Å²) in [5.74, 6) is -0.183. The lowest BCUT2D eigenvalue weighted by Crippen LogP contribution is -2.52. The summed E-state index contributed by atoms with van der Waals surface area (Å²) in [5, 5.41) is 9.92. The zero-order valence-corrected chi connectivity index (χ0v) is 7.55. The Balaban J connectivity index is 2.75. The van der Waals surface area contributed by atoms with Crippen molar-refractivity contribution in [2.24, 2.45) is 5.73 Å². The summed E-state index contributed by atoms with van der Waals surface area (Å²) in [5.41, 5.74) is 4.50. The molecule has 2 unspecified atom stereocenters. The van der Waals surface area contributed by atoms with Crippen molar-refractivity contribution in [1.82, 2.24) is 0 Å². The van der Waals surface area contributed by atoms with E-state index in [-0.39, 0.29) is 11.8 Å². The van der Waals surface area contributed by atoms with Gasteiger partial charge in [0.25, 0.3) is 0 Å². The van der Waals surface area contributed by atoms with Crippen LogP contribution in [0.2, 0.25) is 0 Å². The van der Waals surface area contributed by atoms with Gasteiger partial charge in [-0.2, -0.15) is 0 Å². The molecular weight excluding hydrogens is 154 g/mol. The van der Waals surface area contributed by atoms with Crippen molar-refractivity contribution in [2.45, 2.75) is 50.7 Å². The van der Waals surface area contributed by atoms with Crippen LogP contribution in [-0.4, -0.2) is 22.5 Å². The van der Waals surface area contributed by atoms with E-state index in [9.17, 15) is 9.90 Å². The molecule has 0 saturated heterocycles. The predicted molar refractivity (Wildman–Crippen MR) is 46.7 cm³/mol. The Hall–Kier alpha value is -0.410. The van der Waals surface area contributed by atoms with Gasteiger partial charge in [-0.1, -0.05) is 19.3 Å². The van der Waals surface area contributed by atoms with Crippen LogP contribution >= 0.6 is 0 Å². The van der Waals surface area contributed by atoms with Gasteiger partial charge in [0.15, 0.2) is 5.78 Å². The molecule has 3 N–H and O–H groups in total. The van der Waals surface area contributed by atoms with Gasteiger partial charge < -0.3 is 10.8 Å². The van der Waals surface area contributed by atoms with E-state index in [4.69, 9.17) is 5.73 Å². The van der Waals surface area contributed by atoms with E-state index >= 15 is 0 Å². The van der Waals surface area contributed by atoms with E-state index in [1.807, 2.05) is 0 Å². The molecule has 0 bridgehead atoms. The summed E-state index contributed by atoms with van der Waals surface area (Å²) < 4.78 is 0. The van der Waals surface area contributed by atoms with Crippen LogP contribution in [0.25, 0.3) is 0 Å². The molecule has 0 amide bonds. The zero-order chi connectivity index (χ0) is 9.19. The fraction of sp³-hybridized carbons (Fsp3) is 0.889. The Morgan fingerprint density at radius 1 is 1.50 bits per heavy atom. The number of carbonyl (C=O) groups is 1. The summed E-state index contributed by atoms with van der Waals surface area (Å²) in [6, 6.07) is -0.363. The van der Waals surface area contributed by atoms with Crippen LogP contribution in [0.15, 0.2) is 0 Å². The zero-order valence-electron chi connectivity index (χ0n) is 7.55. The van der Waals surface area contributed by atoms with E-state index in [0.29, 0.717) is 6.42 Å². The smallest absolute Gasteiger partial charge is 0.162 e. The maximum Gasteiger partial charge on any atom is 0.162 e. The number of hydrogen-bond donors (Lipinski definition) is 2. The van der Waals surface area contributed by atoms with E-state index in [2.05, 4.69) is 0 Å². The highest BCUT2D eigenvalue weighted by molar-refractivity contribution is 5.85. The molecule has 1 fully saturated rings. The molecule has 0 aromatic rings. The number of nitrogens with two attached hydrogens (primary N) is 1. The molecule has 70 valence electrons. The van der Waals surface area contributed by atoms with Crippen LogP contribution in [0.5, 0.6) is 0 Å². The molecule has 2 atom stereocenters. The van der Waals surface area contributed by atoms with Crippen molar-refractivity contribution in [2.75, 3.05) is 0 Å². The third-order valence-corrected chi connectivity index (χ3v) is 2.80. The molecule has 0 aliphatic heterocycles. The molecule has 1 aliphatic carbocycles. The van der Waals surface area contributed by atoms with Crippen molar-refractivity contribution in [3.8, 4) is 0 Å². The minimum Gasteiger partial charge on any atom is -0.380 e. The normalized spacial score (nSPS) is 37.4. The average Bonchev–Trinajstić information content (AvgIpc) is 2.16. The molecule has 1 aliphatic rings. The summed E-state index contributed by atoms with van der Waals surface area (Å²) in [4.78, 5) is 11.2. The highest BCUT2D eigenvalue weighted by Gasteiger charge is 2.39. The highest BCUT2D eigenvalue weighted by Crippen LogP contribution is 2.26. The first-order chi connectivity index (χ1) is 5.57. The second-order valence-corrected chi connectivity index (χ2v) is 3.69. The maximum absolute atomic E-state index is 11.2. The van der Waals surface area contributed by atoms with Crippen molar-refractivity contribution in [3.05, 3.63) is 0 Å². The second-order valence-electron chi connectivity index (χ2n) is 3.69. The molecule has 0 spiro atoms. The number of ketones is 1. The van der Waals surface area contributed by atoms with E-state index in [1.165, 1.54) is 6.92 Å². The molecule has 1 saturated carbocycles. The van der Waals surface area contributed by atoms with Gasteiger partial charge in [0.05, 0.1) is 0 Å². The lowest BCUT2D eigenvalue weighted by atomic mass is 9.86. The first kappa shape index (κ1) is 9.68. The molecule has 0 aromatic carbocycles. The molecular formula is C9H17NO2. The molecule has 12 heavy (non-hydrogen) atoms. The van der Waals surface area contributed by atoms with Crippen molar-refractivity contribution < 1.29 is 9.90 Å². The van der Waals surface area contributed by atoms with Crippen LogP contribution in [0, 0.1) is 0 Å². The van der Waals surface area contributed by atoms with Gasteiger partial charge in [-0.05, 0) is 19.8 Å². The SMILES string of the molecule is CC(=O)C1(O)CCCCCC1N. The molecule has 3 heteroatoms. The lowest BCUT2D eigenvalue weighted by molar-refractivity contribution is -0.137. The Morgan fingerprint density at radius 2 is 2.17 bits per heavy atom. The minimum absolute atomic E-state index is 0.183. The number of carbonyl (C=O) groups excluding carboxylic acids is 1. The van der Waals surface area contributed by atoms with E-state index in [1.54, 1.807) is 0 Å². The quantitative estimate of drug-likeness (QED) is 0.568. The van der Waals surface area contributed by atoms with Crippen LogP contribution in [0.3, 0.4) is 0 Å². The minimum atomic E-state index is -1.24. The lowest BCUT2D eigenvalue weighted by Gasteiger charge is -2.29. The van der Waals surface area contributed by atoms with Crippen LogP contribution in [-0.2, 0) is 4.79 Å². The third kappa shape index (κ3) is 1.67. The van der Waals surface area contributed by atoms with Crippen molar-refractivity contribution in [1.29, 1.82) is 0 Å². The first-order valence-corrected chi connectivity index (χ1v) is 4.56. The van der Waals surface area contributed by atoms with Gasteiger partial charge >= 0.3 is 0 Å². The van der Waals surface area contributed by atoms with Gasteiger partial charge in [0, 0.05) is 6.04 Å². The largest absolute Gasteiger partial charge is 0.380 e. The Kier molecular flexibility index (Phi) is 2.85. The second kappa shape index (κ2) is 3.54. The third-order valence-electron chi connectivity index (χ3n) is 2.80. The Bertz CT molecular complexity index is 181. The molecule has 0 radical (unpaired) electrons. The monoisotopic (exact) mass is 171 g/mol. The fourth-order valence-corrected chi connectivity index (χ4v) is 1.80. The van der Waals surface area contributed by atoms with Crippen LogP contribution in [0.1, 0.15) is 39.0 Å². The molecule has 1 rings (SSSR count). The van der Waals surface area contributed by atoms with Gasteiger partial charge in [-0.3, -0.25) is 4.79 Å². The van der Waals surface area contributed by atoms with Gasteiger partial charge in [0.1, 0.15) is 5.60 Å². The predicted octanol–water partition coefficient (Wildman–Crippen LogP) is 0.598. The summed E-state index contributed by atoms with van der Waals surface area (Å²) >= 11 is 0. The van der Waals surface area contributed by atoms with E-state index < -0.39 is 5.60 Å².